The van der Waals surface area contributed by atoms with Crippen LogP contribution in [0.1, 0.15) is 23.7 Å². The van der Waals surface area contributed by atoms with E-state index in [9.17, 15) is 9.59 Å². The number of carbonyl (C=O) groups is 1. The van der Waals surface area contributed by atoms with Crippen molar-refractivity contribution < 1.29 is 9.53 Å². The molecule has 1 N–H and O–H groups in total. The Bertz CT molecular complexity index is 435. The minimum atomic E-state index is -0.200. The molecule has 1 fully saturated rings. The van der Waals surface area contributed by atoms with Gasteiger partial charge in [0.1, 0.15) is 0 Å². The van der Waals surface area contributed by atoms with Crippen LogP contribution in [0, 0.1) is 0 Å². The van der Waals surface area contributed by atoms with Crippen LogP contribution in [0.15, 0.2) is 23.1 Å². The van der Waals surface area contributed by atoms with Crippen LogP contribution in [0.5, 0.6) is 0 Å². The number of rotatable bonds is 1. The second-order valence-electron chi connectivity index (χ2n) is 4.23. The molecule has 1 atom stereocenters. The molecule has 0 saturated carbocycles. The molecule has 5 nitrogen and oxygen atoms in total. The quantitative estimate of drug-likeness (QED) is 0.777. The smallest absolute Gasteiger partial charge is 0.255 e. The summed E-state index contributed by atoms with van der Waals surface area (Å²) in [5.41, 5.74) is 0.313. The van der Waals surface area contributed by atoms with Crippen LogP contribution in [-0.2, 0) is 4.74 Å². The van der Waals surface area contributed by atoms with Gasteiger partial charge in [0, 0.05) is 32.0 Å². The molecule has 92 valence electrons. The second kappa shape index (κ2) is 5.14. The van der Waals surface area contributed by atoms with Crippen molar-refractivity contribution >= 4 is 5.91 Å². The Morgan fingerprint density at radius 1 is 1.53 bits per heavy atom. The molecule has 2 heterocycles. The summed E-state index contributed by atoms with van der Waals surface area (Å²) < 4.78 is 5.49. The number of nitrogens with zero attached hydrogens (tertiary/aromatic N) is 1. The van der Waals surface area contributed by atoms with Crippen molar-refractivity contribution in [3.63, 3.8) is 0 Å². The van der Waals surface area contributed by atoms with Gasteiger partial charge in [-0.1, -0.05) is 0 Å². The molecule has 1 unspecified atom stereocenters. The van der Waals surface area contributed by atoms with Crippen molar-refractivity contribution in [2.75, 3.05) is 19.7 Å². The average Bonchev–Trinajstić information content (AvgIpc) is 2.54. The molecule has 0 aromatic carbocycles. The zero-order valence-electron chi connectivity index (χ0n) is 9.81. The summed E-state index contributed by atoms with van der Waals surface area (Å²) in [6, 6.07) is 2.92. The zero-order valence-corrected chi connectivity index (χ0v) is 9.81. The molecule has 1 amide bonds. The highest BCUT2D eigenvalue weighted by atomic mass is 16.5. The first-order chi connectivity index (χ1) is 8.16. The van der Waals surface area contributed by atoms with E-state index in [0.29, 0.717) is 25.3 Å². The predicted octanol–water partition coefficient (Wildman–Crippen LogP) is 0.626. The molecule has 1 aliphatic rings. The third-order valence-corrected chi connectivity index (χ3v) is 2.77. The van der Waals surface area contributed by atoms with Gasteiger partial charge in [-0.15, -0.1) is 0 Å². The van der Waals surface area contributed by atoms with Gasteiger partial charge in [0.25, 0.3) is 5.91 Å². The van der Waals surface area contributed by atoms with Crippen LogP contribution in [0.3, 0.4) is 0 Å². The van der Waals surface area contributed by atoms with Crippen molar-refractivity contribution in [2.45, 2.75) is 19.4 Å². The maximum absolute atomic E-state index is 12.2. The summed E-state index contributed by atoms with van der Waals surface area (Å²) in [4.78, 5) is 27.4. The van der Waals surface area contributed by atoms with Gasteiger partial charge < -0.3 is 14.6 Å². The van der Waals surface area contributed by atoms with E-state index < -0.39 is 0 Å². The van der Waals surface area contributed by atoms with Crippen LogP contribution >= 0.6 is 0 Å². The third kappa shape index (κ3) is 2.94. The molecule has 0 aliphatic carbocycles. The van der Waals surface area contributed by atoms with Gasteiger partial charge in [0.05, 0.1) is 11.7 Å². The van der Waals surface area contributed by atoms with E-state index in [1.807, 2.05) is 6.92 Å². The van der Waals surface area contributed by atoms with Gasteiger partial charge in [-0.2, -0.15) is 0 Å². The minimum Gasteiger partial charge on any atom is -0.377 e. The Hall–Kier alpha value is -1.62. The van der Waals surface area contributed by atoms with Gasteiger partial charge in [0.2, 0.25) is 5.56 Å². The second-order valence-corrected chi connectivity index (χ2v) is 4.23. The number of aromatic nitrogens is 1. The van der Waals surface area contributed by atoms with Gasteiger partial charge in [-0.25, -0.2) is 0 Å². The number of nitrogens with one attached hydrogen (secondary N) is 1. The van der Waals surface area contributed by atoms with Gasteiger partial charge in [0.15, 0.2) is 0 Å². The Morgan fingerprint density at radius 2 is 2.35 bits per heavy atom. The predicted molar refractivity (Wildman–Crippen MR) is 63.0 cm³/mol. The SMILES string of the molecule is CC1CN(C(=O)c2ccc(=O)[nH]c2)CCCO1. The van der Waals surface area contributed by atoms with Crippen LogP contribution in [0.4, 0.5) is 0 Å². The lowest BCUT2D eigenvalue weighted by Crippen LogP contribution is -2.36. The average molecular weight is 236 g/mol. The lowest BCUT2D eigenvalue weighted by atomic mass is 10.2. The molecule has 5 heteroatoms. The maximum Gasteiger partial charge on any atom is 0.255 e. The van der Waals surface area contributed by atoms with Crippen molar-refractivity contribution in [2.24, 2.45) is 0 Å². The van der Waals surface area contributed by atoms with Crippen molar-refractivity contribution in [1.82, 2.24) is 9.88 Å². The van der Waals surface area contributed by atoms with Crippen LogP contribution in [0.25, 0.3) is 0 Å². The molecule has 0 spiro atoms. The molecule has 0 radical (unpaired) electrons. The fourth-order valence-corrected chi connectivity index (χ4v) is 1.90. The van der Waals surface area contributed by atoms with Gasteiger partial charge in [-0.3, -0.25) is 9.59 Å². The lowest BCUT2D eigenvalue weighted by Gasteiger charge is -2.21. The Balaban J connectivity index is 2.13. The summed E-state index contributed by atoms with van der Waals surface area (Å²) in [5, 5.41) is 0. The molecule has 0 bridgehead atoms. The lowest BCUT2D eigenvalue weighted by molar-refractivity contribution is 0.0562. The Kier molecular flexibility index (Phi) is 3.58. The highest BCUT2D eigenvalue weighted by Crippen LogP contribution is 2.09. The standard InChI is InChI=1S/C12H16N2O3/c1-9-8-14(5-2-6-17-9)12(16)10-3-4-11(15)13-7-10/h3-4,7,9H,2,5-6,8H2,1H3,(H,13,15). The molecular formula is C12H16N2O3. The largest absolute Gasteiger partial charge is 0.377 e. The number of hydrogen-bond donors (Lipinski definition) is 1. The number of pyridine rings is 1. The van der Waals surface area contributed by atoms with E-state index in [0.717, 1.165) is 6.42 Å². The number of amides is 1. The molecule has 1 aromatic heterocycles. The molecular weight excluding hydrogens is 220 g/mol. The summed E-state index contributed by atoms with van der Waals surface area (Å²) in [6.45, 7) is 3.94. The van der Waals surface area contributed by atoms with Crippen molar-refractivity contribution in [1.29, 1.82) is 0 Å². The summed E-state index contributed by atoms with van der Waals surface area (Å²) >= 11 is 0. The minimum absolute atomic E-state index is 0.0569. The monoisotopic (exact) mass is 236 g/mol. The first-order valence-electron chi connectivity index (χ1n) is 5.76. The van der Waals surface area contributed by atoms with Crippen molar-refractivity contribution in [3.8, 4) is 0 Å². The first kappa shape index (κ1) is 11.9. The van der Waals surface area contributed by atoms with E-state index in [1.165, 1.54) is 12.3 Å². The molecule has 2 rings (SSSR count). The normalized spacial score (nSPS) is 21.0. The number of ether oxygens (including phenoxy) is 1. The highest BCUT2D eigenvalue weighted by molar-refractivity contribution is 5.93. The molecule has 1 saturated heterocycles. The fraction of sp³-hybridized carbons (Fsp3) is 0.500. The van der Waals surface area contributed by atoms with Crippen molar-refractivity contribution in [3.05, 3.63) is 34.2 Å². The van der Waals surface area contributed by atoms with Crippen LogP contribution < -0.4 is 5.56 Å². The zero-order chi connectivity index (χ0) is 12.3. The van der Waals surface area contributed by atoms with Crippen LogP contribution in [-0.4, -0.2) is 41.6 Å². The molecule has 17 heavy (non-hydrogen) atoms. The number of carbonyl (C=O) groups excluding carboxylic acids is 1. The summed E-state index contributed by atoms with van der Waals surface area (Å²) in [5.74, 6) is -0.0569. The maximum atomic E-state index is 12.2. The number of H-pyrrole nitrogens is 1. The van der Waals surface area contributed by atoms with Gasteiger partial charge >= 0.3 is 0 Å². The third-order valence-electron chi connectivity index (χ3n) is 2.77. The number of hydrogen-bond acceptors (Lipinski definition) is 3. The van der Waals surface area contributed by atoms with E-state index in [1.54, 1.807) is 11.0 Å². The fourth-order valence-electron chi connectivity index (χ4n) is 1.90. The van der Waals surface area contributed by atoms with Gasteiger partial charge in [-0.05, 0) is 19.4 Å². The van der Waals surface area contributed by atoms with E-state index in [4.69, 9.17) is 4.74 Å². The Labute approximate surface area is 99.4 Å². The Morgan fingerprint density at radius 3 is 3.06 bits per heavy atom. The highest BCUT2D eigenvalue weighted by Gasteiger charge is 2.20. The van der Waals surface area contributed by atoms with E-state index >= 15 is 0 Å². The van der Waals surface area contributed by atoms with E-state index in [-0.39, 0.29) is 17.6 Å². The molecule has 1 aromatic rings. The summed E-state index contributed by atoms with van der Waals surface area (Å²) in [7, 11) is 0. The van der Waals surface area contributed by atoms with Crippen LogP contribution in [0.2, 0.25) is 0 Å². The summed E-state index contributed by atoms with van der Waals surface area (Å²) in [6.07, 6.45) is 2.37. The first-order valence-corrected chi connectivity index (χ1v) is 5.76. The topological polar surface area (TPSA) is 62.4 Å². The molecule has 1 aliphatic heterocycles. The number of aromatic amines is 1. The van der Waals surface area contributed by atoms with E-state index in [2.05, 4.69) is 4.98 Å².